The Morgan fingerprint density at radius 1 is 1.33 bits per heavy atom. The Bertz CT molecular complexity index is 530. The van der Waals surface area contributed by atoms with Crippen LogP contribution in [0.15, 0.2) is 24.3 Å². The second kappa shape index (κ2) is 6.72. The van der Waals surface area contributed by atoms with Crippen molar-refractivity contribution in [2.75, 3.05) is 0 Å². The maximum Gasteiger partial charge on any atom is 0.240 e. The van der Waals surface area contributed by atoms with Gasteiger partial charge in [-0.2, -0.15) is 0 Å². The molecular weight excluding hydrogens is 266 g/mol. The van der Waals surface area contributed by atoms with Crippen LogP contribution in [0, 0.1) is 0 Å². The fourth-order valence-electron chi connectivity index (χ4n) is 2.85. The number of carbonyl (C=O) groups excluding carboxylic acids is 2. The second-order valence-corrected chi connectivity index (χ2v) is 5.67. The van der Waals surface area contributed by atoms with Crippen molar-refractivity contribution in [3.8, 4) is 0 Å². The lowest BCUT2D eigenvalue weighted by atomic mass is 9.93. The van der Waals surface area contributed by atoms with Gasteiger partial charge in [-0.15, -0.1) is 0 Å². The van der Waals surface area contributed by atoms with E-state index in [1.807, 2.05) is 31.2 Å². The third-order valence-corrected chi connectivity index (χ3v) is 3.99. The quantitative estimate of drug-likeness (QED) is 0.845. The van der Waals surface area contributed by atoms with Crippen molar-refractivity contribution in [1.82, 2.24) is 4.90 Å². The lowest BCUT2D eigenvalue weighted by Gasteiger charge is -2.35. The van der Waals surface area contributed by atoms with E-state index in [2.05, 4.69) is 0 Å². The molecule has 5 nitrogen and oxygen atoms in total. The van der Waals surface area contributed by atoms with Gasteiger partial charge in [-0.1, -0.05) is 37.6 Å². The first-order valence-electron chi connectivity index (χ1n) is 7.44. The summed E-state index contributed by atoms with van der Waals surface area (Å²) < 4.78 is 0. The summed E-state index contributed by atoms with van der Waals surface area (Å²) in [5.41, 5.74) is 13.6. The summed E-state index contributed by atoms with van der Waals surface area (Å²) in [6.07, 6.45) is 2.49. The SMILES string of the molecule is CCCC(N)CC(=O)N1Cc2ccccc2C[C@H]1C(N)=O. The van der Waals surface area contributed by atoms with Crippen LogP contribution >= 0.6 is 0 Å². The number of fused-ring (bicyclic) bond motifs is 1. The highest BCUT2D eigenvalue weighted by atomic mass is 16.2. The average Bonchev–Trinajstić information content (AvgIpc) is 2.45. The van der Waals surface area contributed by atoms with Crippen LogP contribution in [0.2, 0.25) is 0 Å². The van der Waals surface area contributed by atoms with Crippen LogP contribution in [0.3, 0.4) is 0 Å². The van der Waals surface area contributed by atoms with Gasteiger partial charge in [0.2, 0.25) is 11.8 Å². The molecule has 2 rings (SSSR count). The predicted molar refractivity (Wildman–Crippen MR) is 81.2 cm³/mol. The molecule has 0 bridgehead atoms. The Labute approximate surface area is 125 Å². The van der Waals surface area contributed by atoms with Crippen molar-refractivity contribution in [2.24, 2.45) is 11.5 Å². The smallest absolute Gasteiger partial charge is 0.240 e. The van der Waals surface area contributed by atoms with Crippen molar-refractivity contribution in [3.63, 3.8) is 0 Å². The summed E-state index contributed by atoms with van der Waals surface area (Å²) in [6, 6.07) is 7.12. The molecule has 0 saturated carbocycles. The summed E-state index contributed by atoms with van der Waals surface area (Å²) in [7, 11) is 0. The van der Waals surface area contributed by atoms with Crippen LogP contribution in [0.1, 0.15) is 37.3 Å². The first-order valence-corrected chi connectivity index (χ1v) is 7.44. The van der Waals surface area contributed by atoms with E-state index in [4.69, 9.17) is 11.5 Å². The monoisotopic (exact) mass is 289 g/mol. The van der Waals surface area contributed by atoms with Gasteiger partial charge < -0.3 is 16.4 Å². The molecule has 0 aliphatic carbocycles. The molecule has 1 aromatic rings. The Morgan fingerprint density at radius 2 is 2.00 bits per heavy atom. The molecule has 1 unspecified atom stereocenters. The van der Waals surface area contributed by atoms with E-state index >= 15 is 0 Å². The van der Waals surface area contributed by atoms with Crippen LogP contribution < -0.4 is 11.5 Å². The summed E-state index contributed by atoms with van der Waals surface area (Å²) >= 11 is 0. The van der Waals surface area contributed by atoms with Gasteiger partial charge in [0.15, 0.2) is 0 Å². The molecule has 5 heteroatoms. The van der Waals surface area contributed by atoms with Gasteiger partial charge in [0.05, 0.1) is 0 Å². The first-order chi connectivity index (χ1) is 10.0. The Hall–Kier alpha value is -1.88. The van der Waals surface area contributed by atoms with Crippen LogP contribution in [-0.2, 0) is 22.6 Å². The Morgan fingerprint density at radius 3 is 2.62 bits per heavy atom. The lowest BCUT2D eigenvalue weighted by molar-refractivity contribution is -0.141. The number of hydrogen-bond acceptors (Lipinski definition) is 3. The number of benzene rings is 1. The van der Waals surface area contributed by atoms with Crippen molar-refractivity contribution >= 4 is 11.8 Å². The van der Waals surface area contributed by atoms with E-state index in [0.29, 0.717) is 13.0 Å². The molecule has 1 aliphatic heterocycles. The number of hydrogen-bond donors (Lipinski definition) is 2. The average molecular weight is 289 g/mol. The zero-order valence-electron chi connectivity index (χ0n) is 12.4. The molecule has 2 amide bonds. The fraction of sp³-hybridized carbons (Fsp3) is 0.500. The van der Waals surface area contributed by atoms with E-state index in [-0.39, 0.29) is 18.4 Å². The number of nitrogens with two attached hydrogens (primary N) is 2. The van der Waals surface area contributed by atoms with Crippen molar-refractivity contribution in [2.45, 2.75) is 51.2 Å². The minimum Gasteiger partial charge on any atom is -0.368 e. The van der Waals surface area contributed by atoms with Gasteiger partial charge in [-0.25, -0.2) is 0 Å². The first kappa shape index (κ1) is 15.5. The minimum absolute atomic E-state index is 0.0887. The normalized spacial score (nSPS) is 19.0. The number of nitrogens with zero attached hydrogens (tertiary/aromatic N) is 1. The van der Waals surface area contributed by atoms with E-state index in [1.165, 1.54) is 0 Å². The predicted octanol–water partition coefficient (Wildman–Crippen LogP) is 0.943. The van der Waals surface area contributed by atoms with Gasteiger partial charge in [-0.05, 0) is 17.5 Å². The van der Waals surface area contributed by atoms with Gasteiger partial charge in [0.1, 0.15) is 6.04 Å². The van der Waals surface area contributed by atoms with Gasteiger partial charge in [0, 0.05) is 25.4 Å². The standard InChI is InChI=1S/C16H23N3O2/c1-2-5-13(17)9-15(20)19-10-12-7-4-3-6-11(12)8-14(19)16(18)21/h3-4,6-7,13-14H,2,5,8-10,17H2,1H3,(H2,18,21)/t13?,14-/m0/s1. The van der Waals surface area contributed by atoms with E-state index in [0.717, 1.165) is 24.0 Å². The third-order valence-electron chi connectivity index (χ3n) is 3.99. The maximum absolute atomic E-state index is 12.4. The number of rotatable bonds is 5. The maximum atomic E-state index is 12.4. The van der Waals surface area contributed by atoms with E-state index < -0.39 is 11.9 Å². The summed E-state index contributed by atoms with van der Waals surface area (Å²) in [6.45, 7) is 2.47. The van der Waals surface area contributed by atoms with E-state index in [1.54, 1.807) is 4.90 Å². The van der Waals surface area contributed by atoms with Gasteiger partial charge >= 0.3 is 0 Å². The minimum atomic E-state index is -0.568. The molecule has 1 heterocycles. The molecule has 114 valence electrons. The lowest BCUT2D eigenvalue weighted by Crippen LogP contribution is -2.52. The van der Waals surface area contributed by atoms with Gasteiger partial charge in [0.25, 0.3) is 0 Å². The largest absolute Gasteiger partial charge is 0.368 e. The second-order valence-electron chi connectivity index (χ2n) is 5.67. The molecule has 0 radical (unpaired) electrons. The highest BCUT2D eigenvalue weighted by Crippen LogP contribution is 2.24. The van der Waals surface area contributed by atoms with E-state index in [9.17, 15) is 9.59 Å². The Kier molecular flexibility index (Phi) is 4.96. The van der Waals surface area contributed by atoms with Crippen LogP contribution in [0.25, 0.3) is 0 Å². The molecule has 0 saturated heterocycles. The highest BCUT2D eigenvalue weighted by Gasteiger charge is 2.33. The molecule has 0 fully saturated rings. The molecule has 0 aromatic heterocycles. The summed E-state index contributed by atoms with van der Waals surface area (Å²) in [5, 5.41) is 0. The third kappa shape index (κ3) is 3.61. The zero-order valence-corrected chi connectivity index (χ0v) is 12.4. The molecular formula is C16H23N3O2. The number of carbonyl (C=O) groups is 2. The number of primary amides is 1. The van der Waals surface area contributed by atoms with Crippen LogP contribution in [0.5, 0.6) is 0 Å². The summed E-state index contributed by atoms with van der Waals surface area (Å²) in [5.74, 6) is -0.545. The van der Waals surface area contributed by atoms with Gasteiger partial charge in [-0.3, -0.25) is 9.59 Å². The Balaban J connectivity index is 2.16. The van der Waals surface area contributed by atoms with Crippen molar-refractivity contribution in [1.29, 1.82) is 0 Å². The molecule has 21 heavy (non-hydrogen) atoms. The highest BCUT2D eigenvalue weighted by molar-refractivity contribution is 5.87. The zero-order chi connectivity index (χ0) is 15.4. The van der Waals surface area contributed by atoms with Crippen molar-refractivity contribution in [3.05, 3.63) is 35.4 Å². The molecule has 1 aliphatic rings. The number of amides is 2. The molecule has 0 spiro atoms. The fourth-order valence-corrected chi connectivity index (χ4v) is 2.85. The molecule has 2 atom stereocenters. The topological polar surface area (TPSA) is 89.4 Å². The van der Waals surface area contributed by atoms with Crippen molar-refractivity contribution < 1.29 is 9.59 Å². The summed E-state index contributed by atoms with van der Waals surface area (Å²) in [4.78, 5) is 25.7. The molecule has 1 aromatic carbocycles. The van der Waals surface area contributed by atoms with Crippen LogP contribution in [-0.4, -0.2) is 28.8 Å². The van der Waals surface area contributed by atoms with Crippen LogP contribution in [0.4, 0.5) is 0 Å². The molecule has 4 N–H and O–H groups in total.